The lowest BCUT2D eigenvalue weighted by atomic mass is 9.90. The van der Waals surface area contributed by atoms with Gasteiger partial charge < -0.3 is 24.6 Å². The zero-order valence-electron chi connectivity index (χ0n) is 21.7. The minimum absolute atomic E-state index is 0.0142. The second kappa shape index (κ2) is 10.2. The summed E-state index contributed by atoms with van der Waals surface area (Å²) in [6.07, 6.45) is 4.85. The van der Waals surface area contributed by atoms with E-state index in [-0.39, 0.29) is 17.9 Å². The van der Waals surface area contributed by atoms with Crippen molar-refractivity contribution in [3.63, 3.8) is 0 Å². The number of carbonyl (C=O) groups excluding carboxylic acids is 1. The van der Waals surface area contributed by atoms with Crippen LogP contribution in [0.15, 0.2) is 31.0 Å². The second-order valence-electron chi connectivity index (χ2n) is 10.4. The van der Waals surface area contributed by atoms with Crippen molar-refractivity contribution in [3.05, 3.63) is 47.9 Å². The van der Waals surface area contributed by atoms with Gasteiger partial charge in [-0.15, -0.1) is 0 Å². The Bertz CT molecular complexity index is 1270. The summed E-state index contributed by atoms with van der Waals surface area (Å²) in [5.41, 5.74) is 3.98. The van der Waals surface area contributed by atoms with Crippen molar-refractivity contribution in [1.29, 1.82) is 5.26 Å². The van der Waals surface area contributed by atoms with E-state index in [1.165, 1.54) is 6.08 Å². The first-order valence-corrected chi connectivity index (χ1v) is 13.4. The zero-order chi connectivity index (χ0) is 26.2. The molecule has 0 aliphatic carbocycles. The number of rotatable bonds is 4. The van der Waals surface area contributed by atoms with Gasteiger partial charge in [0.05, 0.1) is 24.5 Å². The number of nitriles is 1. The normalized spacial score (nSPS) is 22.2. The molecule has 0 bridgehead atoms. The third-order valence-electron chi connectivity index (χ3n) is 8.17. The third kappa shape index (κ3) is 4.46. The van der Waals surface area contributed by atoms with Crippen molar-refractivity contribution in [2.24, 2.45) is 0 Å². The van der Waals surface area contributed by atoms with Gasteiger partial charge in [0.1, 0.15) is 18.0 Å². The summed E-state index contributed by atoms with van der Waals surface area (Å²) in [4.78, 5) is 27.9. The Morgan fingerprint density at radius 3 is 2.71 bits per heavy atom. The summed E-state index contributed by atoms with van der Waals surface area (Å²) in [6, 6.07) is 6.78. The van der Waals surface area contributed by atoms with E-state index >= 15 is 0 Å². The summed E-state index contributed by atoms with van der Waals surface area (Å²) in [5, 5.41) is 13.5. The van der Waals surface area contributed by atoms with Gasteiger partial charge in [0.25, 0.3) is 0 Å². The second-order valence-corrected chi connectivity index (χ2v) is 10.4. The Balaban J connectivity index is 1.21. The number of nitrogens with zero attached hydrogens (tertiary/aromatic N) is 6. The van der Waals surface area contributed by atoms with Crippen molar-refractivity contribution >= 4 is 23.1 Å². The lowest BCUT2D eigenvalue weighted by molar-refractivity contribution is -0.127. The maximum absolute atomic E-state index is 11.9. The zero-order valence-corrected chi connectivity index (χ0v) is 21.7. The molecule has 3 saturated heterocycles. The molecule has 2 aromatic rings. The molecule has 1 amide bonds. The number of hydrogen-bond acceptors (Lipinski definition) is 9. The topological polar surface area (TPSA) is 107 Å². The van der Waals surface area contributed by atoms with Crippen LogP contribution in [0.3, 0.4) is 0 Å². The first-order chi connectivity index (χ1) is 18.6. The molecule has 6 rings (SSSR count). The number of pyridine rings is 2. The third-order valence-corrected chi connectivity index (χ3v) is 8.17. The molecule has 1 atom stereocenters. The van der Waals surface area contributed by atoms with Crippen LogP contribution in [0.2, 0.25) is 0 Å². The molecule has 6 heterocycles. The first kappa shape index (κ1) is 24.6. The van der Waals surface area contributed by atoms with Crippen molar-refractivity contribution < 1.29 is 14.3 Å². The largest absolute Gasteiger partial charge is 0.481 e. The van der Waals surface area contributed by atoms with Gasteiger partial charge in [-0.3, -0.25) is 9.69 Å². The number of nitrogens with one attached hydrogen (secondary N) is 1. The van der Waals surface area contributed by atoms with Crippen LogP contribution in [0.4, 0.5) is 17.2 Å². The number of carbonyl (C=O) groups is 1. The van der Waals surface area contributed by atoms with Gasteiger partial charge in [-0.05, 0) is 38.0 Å². The Labute approximate surface area is 222 Å². The maximum Gasteiger partial charge on any atom is 0.245 e. The van der Waals surface area contributed by atoms with Crippen LogP contribution in [0, 0.1) is 11.3 Å². The highest BCUT2D eigenvalue weighted by molar-refractivity contribution is 5.87. The molecule has 3 fully saturated rings. The quantitative estimate of drug-likeness (QED) is 0.615. The summed E-state index contributed by atoms with van der Waals surface area (Å²) < 4.78 is 11.9. The molecule has 0 radical (unpaired) electrons. The van der Waals surface area contributed by atoms with E-state index in [9.17, 15) is 10.1 Å². The average molecular weight is 516 g/mol. The number of likely N-dealkylation sites (tertiary alicyclic amines) is 2. The Hall–Kier alpha value is -3.68. The molecule has 10 nitrogen and oxygen atoms in total. The molecule has 1 N–H and O–H groups in total. The number of fused-ring (bicyclic) bond motifs is 2. The SMILES string of the molecule is C=CC(=O)N1CCC(N2CC(c3cc4c(c(C#N)n3)O[C@H](C)c3c(N5CCOCC5)ccnc3N4)C2)CC1. The number of morpholine rings is 1. The summed E-state index contributed by atoms with van der Waals surface area (Å²) in [7, 11) is 0. The molecular weight excluding hydrogens is 482 g/mol. The molecule has 0 spiro atoms. The standard InChI is InChI=1S/C28H33N7O3/c1-3-25(36)34-8-5-20(6-9-34)35-16-19(17-35)21-14-22-27(23(15-29)31-21)38-18(2)26-24(4-7-30-28(26)32-22)33-10-12-37-13-11-33/h3-4,7,14,18-20H,1,5-6,8-13,16-17H2,2H3,(H,30,32)/t18-/m1/s1. The van der Waals surface area contributed by atoms with Crippen LogP contribution < -0.4 is 15.0 Å². The molecule has 0 aromatic carbocycles. The van der Waals surface area contributed by atoms with Crippen LogP contribution in [0.5, 0.6) is 5.75 Å². The first-order valence-electron chi connectivity index (χ1n) is 13.4. The molecular formula is C28H33N7O3. The molecule has 2 aromatic heterocycles. The van der Waals surface area contributed by atoms with E-state index in [2.05, 4.69) is 32.7 Å². The lowest BCUT2D eigenvalue weighted by Crippen LogP contribution is -2.54. The molecule has 38 heavy (non-hydrogen) atoms. The predicted octanol–water partition coefficient (Wildman–Crippen LogP) is 2.96. The van der Waals surface area contributed by atoms with Gasteiger partial charge in [0, 0.05) is 68.8 Å². The maximum atomic E-state index is 11.9. The Kier molecular flexibility index (Phi) is 6.64. The van der Waals surface area contributed by atoms with E-state index in [1.807, 2.05) is 30.2 Å². The van der Waals surface area contributed by atoms with Crippen LogP contribution in [0.1, 0.15) is 48.7 Å². The number of piperidine rings is 1. The molecule has 10 heteroatoms. The van der Waals surface area contributed by atoms with Crippen molar-refractivity contribution in [2.45, 2.75) is 37.8 Å². The number of aromatic nitrogens is 2. The fraction of sp³-hybridized carbons (Fsp3) is 0.500. The lowest BCUT2D eigenvalue weighted by Gasteiger charge is -2.47. The van der Waals surface area contributed by atoms with E-state index in [4.69, 9.17) is 14.5 Å². The highest BCUT2D eigenvalue weighted by atomic mass is 16.5. The minimum Gasteiger partial charge on any atom is -0.481 e. The number of amides is 1. The molecule has 4 aliphatic heterocycles. The Morgan fingerprint density at radius 1 is 1.24 bits per heavy atom. The Morgan fingerprint density at radius 2 is 2.00 bits per heavy atom. The summed E-state index contributed by atoms with van der Waals surface area (Å²) in [5.74, 6) is 1.48. The minimum atomic E-state index is -0.303. The van der Waals surface area contributed by atoms with E-state index in [0.29, 0.717) is 30.7 Å². The van der Waals surface area contributed by atoms with Gasteiger partial charge in [-0.1, -0.05) is 6.58 Å². The fourth-order valence-electron chi connectivity index (χ4n) is 6.04. The van der Waals surface area contributed by atoms with Crippen LogP contribution in [-0.4, -0.2) is 84.2 Å². The highest BCUT2D eigenvalue weighted by Crippen LogP contribution is 2.44. The highest BCUT2D eigenvalue weighted by Gasteiger charge is 2.37. The smallest absolute Gasteiger partial charge is 0.245 e. The van der Waals surface area contributed by atoms with Crippen LogP contribution in [0.25, 0.3) is 0 Å². The molecule has 198 valence electrons. The number of hydrogen-bond donors (Lipinski definition) is 1. The van der Waals surface area contributed by atoms with Gasteiger partial charge in [0.15, 0.2) is 11.4 Å². The van der Waals surface area contributed by atoms with E-state index in [0.717, 1.165) is 80.6 Å². The fourth-order valence-corrected chi connectivity index (χ4v) is 6.04. The summed E-state index contributed by atoms with van der Waals surface area (Å²) >= 11 is 0. The van der Waals surface area contributed by atoms with Gasteiger partial charge in [-0.25, -0.2) is 9.97 Å². The molecule has 0 unspecified atom stereocenters. The van der Waals surface area contributed by atoms with Crippen LogP contribution >= 0.6 is 0 Å². The summed E-state index contributed by atoms with van der Waals surface area (Å²) in [6.45, 7) is 11.9. The van der Waals surface area contributed by atoms with E-state index < -0.39 is 0 Å². The molecule has 4 aliphatic rings. The van der Waals surface area contributed by atoms with Gasteiger partial charge in [-0.2, -0.15) is 5.26 Å². The van der Waals surface area contributed by atoms with Gasteiger partial charge in [0.2, 0.25) is 5.91 Å². The van der Waals surface area contributed by atoms with E-state index in [1.54, 1.807) is 0 Å². The number of anilines is 3. The van der Waals surface area contributed by atoms with Crippen LogP contribution in [-0.2, 0) is 9.53 Å². The predicted molar refractivity (Wildman–Crippen MR) is 143 cm³/mol. The monoisotopic (exact) mass is 515 g/mol. The number of ether oxygens (including phenoxy) is 2. The van der Waals surface area contributed by atoms with Gasteiger partial charge >= 0.3 is 0 Å². The molecule has 0 saturated carbocycles. The average Bonchev–Trinajstić information content (AvgIpc) is 3.08. The van der Waals surface area contributed by atoms with Crippen molar-refractivity contribution in [2.75, 3.05) is 62.7 Å². The van der Waals surface area contributed by atoms with Crippen molar-refractivity contribution in [1.82, 2.24) is 19.8 Å². The van der Waals surface area contributed by atoms with Crippen molar-refractivity contribution in [3.8, 4) is 11.8 Å².